The maximum Gasteiger partial charge on any atom is 0.0718 e. The zero-order valence-electron chi connectivity index (χ0n) is 13.6. The highest BCUT2D eigenvalue weighted by Gasteiger charge is 2.35. The molecule has 0 atom stereocenters. The van der Waals surface area contributed by atoms with Gasteiger partial charge in [0.25, 0.3) is 0 Å². The summed E-state index contributed by atoms with van der Waals surface area (Å²) in [7, 11) is 2.08. The van der Waals surface area contributed by atoms with Gasteiger partial charge in [-0.05, 0) is 39.2 Å². The molecule has 0 bridgehead atoms. The first kappa shape index (κ1) is 16.2. The molecule has 2 rings (SSSR count). The van der Waals surface area contributed by atoms with E-state index in [2.05, 4.69) is 22.2 Å². The highest BCUT2D eigenvalue weighted by molar-refractivity contribution is 4.90. The van der Waals surface area contributed by atoms with Crippen molar-refractivity contribution in [2.75, 3.05) is 52.9 Å². The summed E-state index contributed by atoms with van der Waals surface area (Å²) in [5.74, 6) is 0. The van der Waals surface area contributed by atoms with Crippen molar-refractivity contribution in [3.63, 3.8) is 0 Å². The van der Waals surface area contributed by atoms with Gasteiger partial charge in [0.05, 0.1) is 5.60 Å². The Morgan fingerprint density at radius 3 is 2.10 bits per heavy atom. The number of nitrogens with one attached hydrogen (secondary N) is 1. The van der Waals surface area contributed by atoms with Crippen molar-refractivity contribution in [3.8, 4) is 0 Å². The summed E-state index contributed by atoms with van der Waals surface area (Å²) in [6.07, 6.45) is 5.58. The molecule has 0 aromatic carbocycles. The van der Waals surface area contributed by atoms with Gasteiger partial charge in [-0.15, -0.1) is 0 Å². The van der Waals surface area contributed by atoms with E-state index in [0.29, 0.717) is 5.41 Å². The predicted octanol–water partition coefficient (Wildman–Crippen LogP) is 1.15. The number of hydrogen-bond acceptors (Lipinski definition) is 4. The van der Waals surface area contributed by atoms with Gasteiger partial charge in [-0.25, -0.2) is 0 Å². The molecule has 2 N–H and O–H groups in total. The monoisotopic (exact) mass is 283 g/mol. The van der Waals surface area contributed by atoms with E-state index in [9.17, 15) is 5.11 Å². The minimum atomic E-state index is -0.568. The van der Waals surface area contributed by atoms with Gasteiger partial charge in [0, 0.05) is 45.8 Å². The highest BCUT2D eigenvalue weighted by atomic mass is 16.3. The summed E-state index contributed by atoms with van der Waals surface area (Å²) in [6.45, 7) is 11.5. The van der Waals surface area contributed by atoms with Crippen molar-refractivity contribution in [3.05, 3.63) is 0 Å². The van der Waals surface area contributed by atoms with E-state index in [-0.39, 0.29) is 0 Å². The average molecular weight is 283 g/mol. The van der Waals surface area contributed by atoms with Crippen LogP contribution in [0, 0.1) is 5.41 Å². The molecule has 118 valence electrons. The van der Waals surface area contributed by atoms with E-state index in [1.807, 2.05) is 13.8 Å². The minimum Gasteiger partial charge on any atom is -0.389 e. The van der Waals surface area contributed by atoms with Crippen LogP contribution < -0.4 is 5.32 Å². The molecule has 4 nitrogen and oxygen atoms in total. The lowest BCUT2D eigenvalue weighted by atomic mass is 9.85. The van der Waals surface area contributed by atoms with Gasteiger partial charge in [0.1, 0.15) is 0 Å². The van der Waals surface area contributed by atoms with Gasteiger partial charge in [-0.2, -0.15) is 0 Å². The summed E-state index contributed by atoms with van der Waals surface area (Å²) in [5.41, 5.74) is -0.0475. The predicted molar refractivity (Wildman–Crippen MR) is 84.0 cm³/mol. The summed E-state index contributed by atoms with van der Waals surface area (Å²) in [6, 6.07) is 0. The lowest BCUT2D eigenvalue weighted by Crippen LogP contribution is -2.53. The lowest BCUT2D eigenvalue weighted by molar-refractivity contribution is 0.0110. The Bertz CT molecular complexity index is 287. The Balaban J connectivity index is 1.78. The second-order valence-corrected chi connectivity index (χ2v) is 7.60. The van der Waals surface area contributed by atoms with E-state index >= 15 is 0 Å². The maximum atomic E-state index is 9.91. The third-order valence-corrected chi connectivity index (χ3v) is 4.85. The first-order valence-corrected chi connectivity index (χ1v) is 8.24. The standard InChI is InChI=1S/C16H33N3O/c1-15(2,20)13-18-8-10-19(11-9-18)14-16(12-17-3)6-4-5-7-16/h17,20H,4-14H2,1-3H3. The summed E-state index contributed by atoms with van der Waals surface area (Å²) in [4.78, 5) is 5.04. The quantitative estimate of drug-likeness (QED) is 0.767. The van der Waals surface area contributed by atoms with Crippen LogP contribution in [-0.2, 0) is 0 Å². The fraction of sp³-hybridized carbons (Fsp3) is 1.00. The number of nitrogens with zero attached hydrogens (tertiary/aromatic N) is 2. The molecule has 0 unspecified atom stereocenters. The van der Waals surface area contributed by atoms with Gasteiger partial charge >= 0.3 is 0 Å². The lowest BCUT2D eigenvalue weighted by Gasteiger charge is -2.41. The molecule has 1 saturated carbocycles. The van der Waals surface area contributed by atoms with Crippen LogP contribution in [0.3, 0.4) is 0 Å². The molecule has 1 saturated heterocycles. The van der Waals surface area contributed by atoms with Crippen LogP contribution in [0.2, 0.25) is 0 Å². The molecule has 1 heterocycles. The maximum absolute atomic E-state index is 9.91. The average Bonchev–Trinajstić information content (AvgIpc) is 2.79. The zero-order valence-corrected chi connectivity index (χ0v) is 13.6. The van der Waals surface area contributed by atoms with Crippen LogP contribution in [0.4, 0.5) is 0 Å². The topological polar surface area (TPSA) is 38.7 Å². The third kappa shape index (κ3) is 4.69. The Hall–Kier alpha value is -0.160. The fourth-order valence-electron chi connectivity index (χ4n) is 4.02. The first-order chi connectivity index (χ1) is 9.42. The van der Waals surface area contributed by atoms with E-state index in [1.165, 1.54) is 32.2 Å². The molecular weight excluding hydrogens is 250 g/mol. The Labute approximate surface area is 124 Å². The Morgan fingerprint density at radius 2 is 1.60 bits per heavy atom. The highest BCUT2D eigenvalue weighted by Crippen LogP contribution is 2.38. The number of rotatable bonds is 6. The summed E-state index contributed by atoms with van der Waals surface area (Å²) in [5, 5.41) is 13.3. The van der Waals surface area contributed by atoms with E-state index in [1.54, 1.807) is 0 Å². The molecule has 0 aromatic heterocycles. The van der Waals surface area contributed by atoms with Gasteiger partial charge in [0.2, 0.25) is 0 Å². The first-order valence-electron chi connectivity index (χ1n) is 8.24. The second-order valence-electron chi connectivity index (χ2n) is 7.60. The van der Waals surface area contributed by atoms with E-state index in [0.717, 1.165) is 39.3 Å². The molecule has 0 radical (unpaired) electrons. The zero-order chi connectivity index (χ0) is 14.6. The Morgan fingerprint density at radius 1 is 1.05 bits per heavy atom. The smallest absolute Gasteiger partial charge is 0.0718 e. The van der Waals surface area contributed by atoms with Gasteiger partial charge < -0.3 is 15.3 Å². The van der Waals surface area contributed by atoms with Crippen LogP contribution in [-0.4, -0.2) is 73.4 Å². The van der Waals surface area contributed by atoms with Crippen molar-refractivity contribution in [1.29, 1.82) is 0 Å². The molecule has 4 heteroatoms. The molecule has 1 aliphatic heterocycles. The summed E-state index contributed by atoms with van der Waals surface area (Å²) >= 11 is 0. The SMILES string of the molecule is CNCC1(CN2CCN(CC(C)(C)O)CC2)CCCC1. The number of hydrogen-bond donors (Lipinski definition) is 2. The molecule has 1 aliphatic carbocycles. The van der Waals surface area contributed by atoms with Crippen LogP contribution in [0.5, 0.6) is 0 Å². The van der Waals surface area contributed by atoms with Crippen molar-refractivity contribution < 1.29 is 5.11 Å². The van der Waals surface area contributed by atoms with E-state index < -0.39 is 5.60 Å². The molecule has 0 aromatic rings. The van der Waals surface area contributed by atoms with Crippen molar-refractivity contribution >= 4 is 0 Å². The van der Waals surface area contributed by atoms with Gasteiger partial charge in [-0.1, -0.05) is 12.8 Å². The minimum absolute atomic E-state index is 0.521. The molecule has 2 fully saturated rings. The molecule has 2 aliphatic rings. The van der Waals surface area contributed by atoms with Gasteiger partial charge in [0.15, 0.2) is 0 Å². The summed E-state index contributed by atoms with van der Waals surface area (Å²) < 4.78 is 0. The van der Waals surface area contributed by atoms with Crippen LogP contribution in [0.15, 0.2) is 0 Å². The largest absolute Gasteiger partial charge is 0.389 e. The van der Waals surface area contributed by atoms with E-state index in [4.69, 9.17) is 0 Å². The van der Waals surface area contributed by atoms with Crippen molar-refractivity contribution in [2.45, 2.75) is 45.1 Å². The molecule has 0 spiro atoms. The number of β-amino-alcohol motifs (C(OH)–C–C–N with tert-alkyl or cyclic N) is 1. The van der Waals surface area contributed by atoms with Crippen LogP contribution in [0.25, 0.3) is 0 Å². The van der Waals surface area contributed by atoms with Crippen LogP contribution >= 0.6 is 0 Å². The molecule has 0 amide bonds. The fourth-order valence-corrected chi connectivity index (χ4v) is 4.02. The molecular formula is C16H33N3O. The number of piperazine rings is 1. The van der Waals surface area contributed by atoms with Crippen molar-refractivity contribution in [2.24, 2.45) is 5.41 Å². The van der Waals surface area contributed by atoms with Gasteiger partial charge in [-0.3, -0.25) is 4.90 Å². The Kier molecular flexibility index (Phi) is 5.46. The molecule has 20 heavy (non-hydrogen) atoms. The number of aliphatic hydroxyl groups is 1. The van der Waals surface area contributed by atoms with Crippen LogP contribution in [0.1, 0.15) is 39.5 Å². The van der Waals surface area contributed by atoms with Crippen molar-refractivity contribution in [1.82, 2.24) is 15.1 Å². The third-order valence-electron chi connectivity index (χ3n) is 4.85. The second kappa shape index (κ2) is 6.73. The normalized spacial score (nSPS) is 25.2.